The van der Waals surface area contributed by atoms with Crippen LogP contribution in [0.15, 0.2) is 23.3 Å². The number of non-ortho nitro benzene ring substituents is 1. The van der Waals surface area contributed by atoms with Crippen LogP contribution in [0.1, 0.15) is 11.7 Å². The Kier molecular flexibility index (Phi) is 4.44. The molecule has 18 heavy (non-hydrogen) atoms. The predicted molar refractivity (Wildman–Crippen MR) is 62.5 cm³/mol. The predicted octanol–water partition coefficient (Wildman–Crippen LogP) is 0.882. The lowest BCUT2D eigenvalue weighted by Crippen LogP contribution is -2.22. The molecular weight excluding hydrogens is 242 g/mol. The fourth-order valence-corrected chi connectivity index (χ4v) is 1.37. The summed E-state index contributed by atoms with van der Waals surface area (Å²) in [6.07, 6.45) is -2.71. The van der Waals surface area contributed by atoms with Crippen molar-refractivity contribution in [3.05, 3.63) is 44.3 Å². The minimum atomic E-state index is -1.38. The molecule has 9 nitrogen and oxygen atoms in total. The van der Waals surface area contributed by atoms with Crippen molar-refractivity contribution in [2.75, 3.05) is 12.3 Å². The van der Waals surface area contributed by atoms with Crippen molar-refractivity contribution in [2.24, 2.45) is 5.11 Å². The first kappa shape index (κ1) is 13.7. The molecule has 0 fully saturated rings. The number of nitrogens with two attached hydrogens (primary N) is 1. The first-order valence-corrected chi connectivity index (χ1v) is 4.88. The van der Waals surface area contributed by atoms with E-state index in [1.807, 2.05) is 0 Å². The molecule has 2 atom stereocenters. The van der Waals surface area contributed by atoms with E-state index >= 15 is 0 Å². The molecule has 0 amide bonds. The Balaban J connectivity index is 2.95. The average molecular weight is 253 g/mol. The number of rotatable bonds is 5. The van der Waals surface area contributed by atoms with Crippen molar-refractivity contribution in [3.8, 4) is 0 Å². The lowest BCUT2D eigenvalue weighted by molar-refractivity contribution is -0.384. The average Bonchev–Trinajstić information content (AvgIpc) is 2.34. The van der Waals surface area contributed by atoms with Gasteiger partial charge in [0.25, 0.3) is 5.69 Å². The van der Waals surface area contributed by atoms with Crippen LogP contribution in [0.5, 0.6) is 0 Å². The molecule has 0 aliphatic heterocycles. The molecule has 1 rings (SSSR count). The highest BCUT2D eigenvalue weighted by Gasteiger charge is 2.21. The van der Waals surface area contributed by atoms with Gasteiger partial charge < -0.3 is 15.9 Å². The molecule has 0 radical (unpaired) electrons. The summed E-state index contributed by atoms with van der Waals surface area (Å²) in [5.74, 6) is 0. The van der Waals surface area contributed by atoms with Gasteiger partial charge in [0.05, 0.1) is 17.6 Å². The summed E-state index contributed by atoms with van der Waals surface area (Å²) in [5.41, 5.74) is 13.5. The molecule has 0 saturated carbocycles. The van der Waals surface area contributed by atoms with Crippen LogP contribution in [0.4, 0.5) is 11.4 Å². The van der Waals surface area contributed by atoms with Crippen LogP contribution in [0.25, 0.3) is 10.4 Å². The highest BCUT2D eigenvalue weighted by Crippen LogP contribution is 2.27. The van der Waals surface area contributed by atoms with Gasteiger partial charge in [0, 0.05) is 28.3 Å². The molecule has 1 aromatic rings. The number of nitrogens with zero attached hydrogens (tertiary/aromatic N) is 4. The van der Waals surface area contributed by atoms with Crippen molar-refractivity contribution in [1.82, 2.24) is 0 Å². The topological polar surface area (TPSA) is 158 Å². The van der Waals surface area contributed by atoms with Crippen molar-refractivity contribution in [1.29, 1.82) is 0 Å². The first-order chi connectivity index (χ1) is 8.47. The lowest BCUT2D eigenvalue weighted by atomic mass is 10.0. The van der Waals surface area contributed by atoms with Crippen LogP contribution in [0.2, 0.25) is 0 Å². The van der Waals surface area contributed by atoms with E-state index < -0.39 is 17.1 Å². The van der Waals surface area contributed by atoms with Crippen LogP contribution in [0.3, 0.4) is 0 Å². The SMILES string of the molecule is [N-]=[N+]=NCC(O)C(O)c1ccc([N+](=O)[O-])cc1N. The smallest absolute Gasteiger partial charge is 0.271 e. The maximum Gasteiger partial charge on any atom is 0.271 e. The number of nitro benzene ring substituents is 1. The van der Waals surface area contributed by atoms with Gasteiger partial charge in [0.15, 0.2) is 0 Å². The Morgan fingerprint density at radius 3 is 2.72 bits per heavy atom. The molecule has 0 spiro atoms. The molecule has 4 N–H and O–H groups in total. The summed E-state index contributed by atoms with van der Waals surface area (Å²) in [6.45, 7) is -0.325. The normalized spacial score (nSPS) is 13.4. The molecule has 1 aromatic carbocycles. The lowest BCUT2D eigenvalue weighted by Gasteiger charge is -2.17. The monoisotopic (exact) mass is 253 g/mol. The third-order valence-corrected chi connectivity index (χ3v) is 2.30. The third-order valence-electron chi connectivity index (χ3n) is 2.30. The molecule has 0 aromatic heterocycles. The van der Waals surface area contributed by atoms with E-state index in [9.17, 15) is 20.3 Å². The second-order valence-electron chi connectivity index (χ2n) is 3.50. The zero-order valence-corrected chi connectivity index (χ0v) is 9.17. The first-order valence-electron chi connectivity index (χ1n) is 4.88. The number of aliphatic hydroxyl groups excluding tert-OH is 2. The zero-order chi connectivity index (χ0) is 13.7. The highest BCUT2D eigenvalue weighted by atomic mass is 16.6. The van der Waals surface area contributed by atoms with E-state index in [-0.39, 0.29) is 23.5 Å². The summed E-state index contributed by atoms with van der Waals surface area (Å²) in [6, 6.07) is 3.49. The van der Waals surface area contributed by atoms with Crippen LogP contribution in [-0.2, 0) is 0 Å². The maximum atomic E-state index is 10.5. The fraction of sp³-hybridized carbons (Fsp3) is 0.333. The number of hydrogen-bond acceptors (Lipinski definition) is 6. The number of hydrogen-bond donors (Lipinski definition) is 3. The van der Waals surface area contributed by atoms with E-state index in [1.165, 1.54) is 6.07 Å². The molecule has 0 aliphatic carbocycles. The molecule has 0 heterocycles. The number of nitro groups is 1. The summed E-state index contributed by atoms with van der Waals surface area (Å²) in [4.78, 5) is 12.3. The number of anilines is 1. The number of aliphatic hydroxyl groups is 2. The van der Waals surface area contributed by atoms with Gasteiger partial charge in [-0.3, -0.25) is 10.1 Å². The molecule has 0 saturated heterocycles. The molecule has 2 unspecified atom stereocenters. The second kappa shape index (κ2) is 5.82. The fourth-order valence-electron chi connectivity index (χ4n) is 1.37. The van der Waals surface area contributed by atoms with E-state index in [0.29, 0.717) is 0 Å². The van der Waals surface area contributed by atoms with Gasteiger partial charge in [0.1, 0.15) is 6.10 Å². The minimum absolute atomic E-state index is 0.0170. The Hall–Kier alpha value is -2.35. The summed E-state index contributed by atoms with van der Waals surface area (Å²) in [7, 11) is 0. The van der Waals surface area contributed by atoms with Crippen molar-refractivity contribution in [3.63, 3.8) is 0 Å². The van der Waals surface area contributed by atoms with Gasteiger partial charge in [-0.05, 0) is 11.6 Å². The number of nitrogen functional groups attached to an aromatic ring is 1. The van der Waals surface area contributed by atoms with Crippen LogP contribution >= 0.6 is 0 Å². The van der Waals surface area contributed by atoms with Crippen LogP contribution in [0, 0.1) is 10.1 Å². The zero-order valence-electron chi connectivity index (χ0n) is 9.17. The molecule has 96 valence electrons. The summed E-state index contributed by atoms with van der Waals surface area (Å²) in [5, 5.41) is 32.9. The Bertz CT molecular complexity index is 500. The quantitative estimate of drug-likeness (QED) is 0.177. The summed E-state index contributed by atoms with van der Waals surface area (Å²) >= 11 is 0. The second-order valence-corrected chi connectivity index (χ2v) is 3.50. The van der Waals surface area contributed by atoms with Gasteiger partial charge in [-0.1, -0.05) is 5.11 Å². The Morgan fingerprint density at radius 2 is 2.22 bits per heavy atom. The van der Waals surface area contributed by atoms with Crippen molar-refractivity contribution >= 4 is 11.4 Å². The standard InChI is InChI=1S/C9H11N5O4/c10-7-3-5(14(17)18)1-2-6(7)9(16)8(15)4-12-13-11/h1-3,8-9,15-16H,4,10H2. The van der Waals surface area contributed by atoms with Crippen molar-refractivity contribution < 1.29 is 15.1 Å². The highest BCUT2D eigenvalue weighted by molar-refractivity contribution is 5.55. The summed E-state index contributed by atoms with van der Waals surface area (Å²) < 4.78 is 0. The van der Waals surface area contributed by atoms with Gasteiger partial charge >= 0.3 is 0 Å². The van der Waals surface area contributed by atoms with Gasteiger partial charge in [-0.25, -0.2) is 0 Å². The van der Waals surface area contributed by atoms with Crippen LogP contribution in [-0.4, -0.2) is 27.8 Å². The Morgan fingerprint density at radius 1 is 1.56 bits per heavy atom. The molecule has 9 heteroatoms. The molecule has 0 aliphatic rings. The van der Waals surface area contributed by atoms with E-state index in [4.69, 9.17) is 11.3 Å². The number of benzene rings is 1. The Labute approximate surface area is 101 Å². The molecular formula is C9H11N5O4. The van der Waals surface area contributed by atoms with E-state index in [2.05, 4.69) is 10.0 Å². The van der Waals surface area contributed by atoms with Crippen molar-refractivity contribution in [2.45, 2.75) is 12.2 Å². The third kappa shape index (κ3) is 3.08. The van der Waals surface area contributed by atoms with Gasteiger partial charge in [0.2, 0.25) is 0 Å². The van der Waals surface area contributed by atoms with Gasteiger partial charge in [-0.2, -0.15) is 0 Å². The van der Waals surface area contributed by atoms with Crippen LogP contribution < -0.4 is 5.73 Å². The largest absolute Gasteiger partial charge is 0.398 e. The van der Waals surface area contributed by atoms with E-state index in [1.54, 1.807) is 0 Å². The minimum Gasteiger partial charge on any atom is -0.398 e. The molecule has 0 bridgehead atoms. The van der Waals surface area contributed by atoms with E-state index in [0.717, 1.165) is 12.1 Å². The maximum absolute atomic E-state index is 10.5. The number of azide groups is 1. The van der Waals surface area contributed by atoms with Gasteiger partial charge in [-0.15, -0.1) is 0 Å².